The lowest BCUT2D eigenvalue weighted by atomic mass is 9.80. The first kappa shape index (κ1) is 20.9. The lowest BCUT2D eigenvalue weighted by Crippen LogP contribution is -2.53. The first-order valence-electron chi connectivity index (χ1n) is 10.9. The molecule has 0 bridgehead atoms. The van der Waals surface area contributed by atoms with Gasteiger partial charge in [-0.1, -0.05) is 19.9 Å². The Balaban J connectivity index is 1.64. The van der Waals surface area contributed by atoms with Gasteiger partial charge in [-0.05, 0) is 56.4 Å². The van der Waals surface area contributed by atoms with Crippen LogP contribution in [0.4, 0.5) is 4.79 Å². The largest absolute Gasteiger partial charge is 0.376 e. The zero-order chi connectivity index (χ0) is 19.9. The predicted octanol–water partition coefficient (Wildman–Crippen LogP) is 4.08. The van der Waals surface area contributed by atoms with Crippen molar-refractivity contribution in [3.8, 4) is 0 Å². The average molecular weight is 389 g/mol. The van der Waals surface area contributed by atoms with Gasteiger partial charge in [0.2, 0.25) is 0 Å². The molecule has 1 aromatic rings. The number of ether oxygens (including phenoxy) is 1. The molecule has 2 amide bonds. The highest BCUT2D eigenvalue weighted by atomic mass is 16.5. The van der Waals surface area contributed by atoms with E-state index in [-0.39, 0.29) is 18.0 Å². The van der Waals surface area contributed by atoms with Crippen LogP contribution < -0.4 is 5.32 Å². The van der Waals surface area contributed by atoms with Crippen molar-refractivity contribution in [2.75, 3.05) is 19.7 Å². The Hall–Kier alpha value is -1.82. The van der Waals surface area contributed by atoms with Gasteiger partial charge < -0.3 is 15.0 Å². The summed E-state index contributed by atoms with van der Waals surface area (Å²) in [7, 11) is 0. The van der Waals surface area contributed by atoms with Gasteiger partial charge in [0.15, 0.2) is 0 Å². The van der Waals surface area contributed by atoms with Crippen molar-refractivity contribution < 1.29 is 9.53 Å². The molecule has 1 saturated heterocycles. The summed E-state index contributed by atoms with van der Waals surface area (Å²) < 4.78 is 6.39. The van der Waals surface area contributed by atoms with Gasteiger partial charge in [-0.15, -0.1) is 6.58 Å². The topological polar surface area (TPSA) is 70.2 Å². The van der Waals surface area contributed by atoms with Crippen LogP contribution in [-0.2, 0) is 4.74 Å². The Kier molecular flexibility index (Phi) is 7.54. The van der Waals surface area contributed by atoms with Crippen LogP contribution in [0, 0.1) is 11.8 Å². The lowest BCUT2D eigenvalue weighted by molar-refractivity contribution is -0.0238. The number of nitrogens with one attached hydrogen (secondary N) is 2. The summed E-state index contributed by atoms with van der Waals surface area (Å²) in [5.74, 6) is 1.82. The second-order valence-electron chi connectivity index (χ2n) is 8.61. The third-order valence-electron chi connectivity index (χ3n) is 6.52. The summed E-state index contributed by atoms with van der Waals surface area (Å²) in [5.41, 5.74) is 1.10. The minimum atomic E-state index is -0.0266. The molecule has 2 atom stereocenters. The second kappa shape index (κ2) is 10.1. The molecule has 2 heterocycles. The van der Waals surface area contributed by atoms with Crippen LogP contribution in [0.5, 0.6) is 0 Å². The number of amides is 2. The fourth-order valence-electron chi connectivity index (χ4n) is 4.77. The van der Waals surface area contributed by atoms with E-state index in [0.29, 0.717) is 19.3 Å². The summed E-state index contributed by atoms with van der Waals surface area (Å²) in [4.78, 5) is 14.7. The number of carbonyl (C=O) groups excluding carboxylic acids is 1. The van der Waals surface area contributed by atoms with Crippen molar-refractivity contribution in [1.82, 2.24) is 20.4 Å². The van der Waals surface area contributed by atoms with Crippen LogP contribution in [0.15, 0.2) is 24.9 Å². The number of carbonyl (C=O) groups is 1. The standard InChI is InChI=1S/C22H36N4O2/c1-4-12-23-22(27)26-14-5-6-19(20-11-13-24-25-20)21(26)15-28-18-9-7-17(8-10-18)16(2)3/h4,11,13,16-19,21H,1,5-10,12,14-15H2,2-3H3,(H,23,27)(H,24,25). The van der Waals surface area contributed by atoms with E-state index in [1.54, 1.807) is 12.3 Å². The lowest BCUT2D eigenvalue weighted by Gasteiger charge is -2.41. The molecule has 1 saturated carbocycles. The summed E-state index contributed by atoms with van der Waals surface area (Å²) in [5, 5.41) is 10.2. The maximum atomic E-state index is 12.7. The van der Waals surface area contributed by atoms with Gasteiger partial charge in [-0.3, -0.25) is 5.10 Å². The van der Waals surface area contributed by atoms with Crippen molar-refractivity contribution >= 4 is 6.03 Å². The SMILES string of the molecule is C=CCNC(=O)N1CCCC(c2ccn[nH]2)C1COC1CCC(C(C)C)CC1. The van der Waals surface area contributed by atoms with Crippen molar-refractivity contribution in [2.45, 2.75) is 70.4 Å². The molecule has 2 unspecified atom stereocenters. The van der Waals surface area contributed by atoms with E-state index in [4.69, 9.17) is 4.74 Å². The van der Waals surface area contributed by atoms with E-state index in [0.717, 1.165) is 49.8 Å². The maximum Gasteiger partial charge on any atom is 0.317 e. The zero-order valence-electron chi connectivity index (χ0n) is 17.4. The molecule has 0 spiro atoms. The van der Waals surface area contributed by atoms with Gasteiger partial charge in [-0.25, -0.2) is 4.79 Å². The fourth-order valence-corrected chi connectivity index (χ4v) is 4.77. The van der Waals surface area contributed by atoms with Crippen LogP contribution in [0.2, 0.25) is 0 Å². The minimum absolute atomic E-state index is 0.0266. The highest BCUT2D eigenvalue weighted by molar-refractivity contribution is 5.75. The third-order valence-corrected chi connectivity index (χ3v) is 6.52. The second-order valence-corrected chi connectivity index (χ2v) is 8.61. The highest BCUT2D eigenvalue weighted by Crippen LogP contribution is 2.34. The third kappa shape index (κ3) is 5.16. The zero-order valence-corrected chi connectivity index (χ0v) is 17.4. The molecule has 6 nitrogen and oxygen atoms in total. The molecule has 1 aliphatic carbocycles. The summed E-state index contributed by atoms with van der Waals surface area (Å²) in [6.45, 7) is 10.2. The van der Waals surface area contributed by atoms with Crippen molar-refractivity contribution in [1.29, 1.82) is 0 Å². The van der Waals surface area contributed by atoms with E-state index in [1.807, 2.05) is 11.0 Å². The number of piperidine rings is 1. The normalized spacial score (nSPS) is 28.3. The Labute approximate surface area is 169 Å². The maximum absolute atomic E-state index is 12.7. The molecule has 2 aliphatic rings. The van der Waals surface area contributed by atoms with Crippen LogP contribution in [-0.4, -0.2) is 53.0 Å². The number of rotatable bonds is 7. The number of aromatic amines is 1. The van der Waals surface area contributed by atoms with Gasteiger partial charge in [0.1, 0.15) is 0 Å². The molecule has 2 fully saturated rings. The van der Waals surface area contributed by atoms with E-state index in [2.05, 4.69) is 35.9 Å². The molecule has 6 heteroatoms. The Morgan fingerprint density at radius 3 is 2.82 bits per heavy atom. The molecule has 0 aromatic carbocycles. The number of hydrogen-bond acceptors (Lipinski definition) is 3. The Morgan fingerprint density at radius 2 is 2.18 bits per heavy atom. The monoisotopic (exact) mass is 388 g/mol. The molecule has 1 aliphatic heterocycles. The van der Waals surface area contributed by atoms with Crippen molar-refractivity contribution in [2.24, 2.45) is 11.8 Å². The van der Waals surface area contributed by atoms with Gasteiger partial charge in [0.05, 0.1) is 18.8 Å². The molecule has 2 N–H and O–H groups in total. The van der Waals surface area contributed by atoms with Gasteiger partial charge >= 0.3 is 6.03 Å². The molecular weight excluding hydrogens is 352 g/mol. The Morgan fingerprint density at radius 1 is 1.39 bits per heavy atom. The number of aromatic nitrogens is 2. The van der Waals surface area contributed by atoms with E-state index in [9.17, 15) is 4.79 Å². The number of urea groups is 1. The number of H-pyrrole nitrogens is 1. The van der Waals surface area contributed by atoms with Crippen LogP contribution in [0.25, 0.3) is 0 Å². The molecule has 156 valence electrons. The minimum Gasteiger partial charge on any atom is -0.376 e. The van der Waals surface area contributed by atoms with Gasteiger partial charge in [0, 0.05) is 30.9 Å². The summed E-state index contributed by atoms with van der Waals surface area (Å²) >= 11 is 0. The number of likely N-dealkylation sites (tertiary alicyclic amines) is 1. The van der Waals surface area contributed by atoms with E-state index in [1.165, 1.54) is 12.8 Å². The van der Waals surface area contributed by atoms with E-state index < -0.39 is 0 Å². The smallest absolute Gasteiger partial charge is 0.317 e. The van der Waals surface area contributed by atoms with Gasteiger partial charge in [-0.2, -0.15) is 5.10 Å². The first-order chi connectivity index (χ1) is 13.6. The van der Waals surface area contributed by atoms with E-state index >= 15 is 0 Å². The summed E-state index contributed by atoms with van der Waals surface area (Å²) in [6, 6.07) is 2.03. The molecular formula is C22H36N4O2. The molecule has 28 heavy (non-hydrogen) atoms. The number of hydrogen-bond donors (Lipinski definition) is 2. The quantitative estimate of drug-likeness (QED) is 0.691. The van der Waals surface area contributed by atoms with Crippen LogP contribution >= 0.6 is 0 Å². The Bertz CT molecular complexity index is 608. The fraction of sp³-hybridized carbons (Fsp3) is 0.727. The predicted molar refractivity (Wildman–Crippen MR) is 111 cm³/mol. The highest BCUT2D eigenvalue weighted by Gasteiger charge is 2.37. The van der Waals surface area contributed by atoms with Crippen molar-refractivity contribution in [3.05, 3.63) is 30.6 Å². The van der Waals surface area contributed by atoms with Crippen molar-refractivity contribution in [3.63, 3.8) is 0 Å². The molecule has 1 aromatic heterocycles. The van der Waals surface area contributed by atoms with Gasteiger partial charge in [0.25, 0.3) is 0 Å². The molecule has 3 rings (SSSR count). The average Bonchev–Trinajstić information content (AvgIpc) is 3.25. The molecule has 0 radical (unpaired) electrons. The number of nitrogens with zero attached hydrogens (tertiary/aromatic N) is 2. The van der Waals surface area contributed by atoms with Crippen LogP contribution in [0.1, 0.15) is 64.0 Å². The van der Waals surface area contributed by atoms with Crippen LogP contribution in [0.3, 0.4) is 0 Å². The first-order valence-corrected chi connectivity index (χ1v) is 10.9. The summed E-state index contributed by atoms with van der Waals surface area (Å²) in [6.07, 6.45) is 10.6.